The minimum atomic E-state index is 0. The summed E-state index contributed by atoms with van der Waals surface area (Å²) in [6.07, 6.45) is 8.16. The number of aromatic nitrogens is 4. The molecule has 2 aromatic carbocycles. The smallest absolute Gasteiger partial charge is 0.207 e. The van der Waals surface area contributed by atoms with Crippen LogP contribution in [0.15, 0.2) is 61.1 Å². The van der Waals surface area contributed by atoms with Crippen LogP contribution < -0.4 is 10.2 Å². The van der Waals surface area contributed by atoms with Crippen molar-refractivity contribution in [3.05, 3.63) is 77.7 Å². The van der Waals surface area contributed by atoms with Crippen molar-refractivity contribution in [3.63, 3.8) is 0 Å². The lowest BCUT2D eigenvalue weighted by molar-refractivity contribution is -0.109. The third-order valence-electron chi connectivity index (χ3n) is 5.76. The molecule has 1 aliphatic heterocycles. The van der Waals surface area contributed by atoms with E-state index < -0.39 is 0 Å². The molecule has 1 N–H and O–H groups in total. The van der Waals surface area contributed by atoms with E-state index in [9.17, 15) is 4.79 Å². The summed E-state index contributed by atoms with van der Waals surface area (Å²) in [6, 6.07) is 16.4. The Morgan fingerprint density at radius 3 is 2.17 bits per heavy atom. The number of carbonyl (C=O) groups is 1. The molecule has 0 spiro atoms. The summed E-state index contributed by atoms with van der Waals surface area (Å²) < 4.78 is 1.90. The summed E-state index contributed by atoms with van der Waals surface area (Å²) >= 11 is 0. The van der Waals surface area contributed by atoms with Gasteiger partial charge in [0.05, 0.1) is 11.1 Å². The van der Waals surface area contributed by atoms with Crippen LogP contribution in [-0.2, 0) is 11.3 Å². The molecule has 186 valence electrons. The molecule has 4 aromatic rings. The number of nitrogens with one attached hydrogen (secondary N) is 1. The van der Waals surface area contributed by atoms with Gasteiger partial charge in [0.1, 0.15) is 12.1 Å². The molecular weight excluding hydrogens is 436 g/mol. The van der Waals surface area contributed by atoms with E-state index in [1.165, 1.54) is 30.4 Å². The Morgan fingerprint density at radius 2 is 1.54 bits per heavy atom. The Morgan fingerprint density at radius 1 is 0.914 bits per heavy atom. The third-order valence-corrected chi connectivity index (χ3v) is 5.76. The lowest BCUT2D eigenvalue weighted by atomic mass is 10.1. The van der Waals surface area contributed by atoms with Crippen LogP contribution in [0.5, 0.6) is 0 Å². The van der Waals surface area contributed by atoms with E-state index in [1.807, 2.05) is 55.9 Å². The van der Waals surface area contributed by atoms with Crippen LogP contribution in [0.1, 0.15) is 51.2 Å². The van der Waals surface area contributed by atoms with E-state index in [0.29, 0.717) is 13.0 Å². The number of amides is 1. The van der Waals surface area contributed by atoms with Crippen LogP contribution in [0, 0.1) is 13.8 Å². The van der Waals surface area contributed by atoms with Crippen molar-refractivity contribution in [1.29, 1.82) is 0 Å². The van der Waals surface area contributed by atoms with E-state index in [1.54, 1.807) is 6.33 Å². The van der Waals surface area contributed by atoms with Gasteiger partial charge in [0, 0.05) is 27.3 Å². The maximum atomic E-state index is 9.93. The minimum Gasteiger partial charge on any atom is -0.356 e. The normalized spacial score (nSPS) is 12.7. The zero-order valence-corrected chi connectivity index (χ0v) is 21.2. The van der Waals surface area contributed by atoms with Crippen molar-refractivity contribution in [2.45, 2.75) is 53.5 Å². The number of piperidine rings is 1. The van der Waals surface area contributed by atoms with E-state index in [-0.39, 0.29) is 1.43 Å². The van der Waals surface area contributed by atoms with Crippen LogP contribution in [-0.4, -0.2) is 39.2 Å². The van der Waals surface area contributed by atoms with Crippen molar-refractivity contribution in [2.75, 3.05) is 18.0 Å². The molecule has 0 unspecified atom stereocenters. The first-order chi connectivity index (χ1) is 17.1. The lowest BCUT2D eigenvalue weighted by Gasteiger charge is -2.27. The molecule has 1 aliphatic rings. The van der Waals surface area contributed by atoms with Gasteiger partial charge >= 0.3 is 0 Å². The lowest BCUT2D eigenvalue weighted by Crippen LogP contribution is -2.30. The van der Waals surface area contributed by atoms with Gasteiger partial charge in [-0.1, -0.05) is 61.4 Å². The Balaban J connectivity index is 0.000000278. The highest BCUT2D eigenvalue weighted by Gasteiger charge is 2.17. The molecule has 3 heterocycles. The molecule has 0 atom stereocenters. The van der Waals surface area contributed by atoms with Gasteiger partial charge in [0.25, 0.3) is 0 Å². The second kappa shape index (κ2) is 13.2. The van der Waals surface area contributed by atoms with E-state index in [2.05, 4.69) is 56.5 Å². The summed E-state index contributed by atoms with van der Waals surface area (Å²) in [4.78, 5) is 21.1. The summed E-state index contributed by atoms with van der Waals surface area (Å²) in [6.45, 7) is 10.9. The number of hydrogen-bond donors (Lipinski definition) is 1. The van der Waals surface area contributed by atoms with Crippen molar-refractivity contribution in [1.82, 2.24) is 25.1 Å². The van der Waals surface area contributed by atoms with Crippen LogP contribution in [0.4, 0.5) is 5.82 Å². The zero-order chi connectivity index (χ0) is 25.0. The van der Waals surface area contributed by atoms with Gasteiger partial charge in [-0.25, -0.2) is 14.6 Å². The Labute approximate surface area is 209 Å². The predicted molar refractivity (Wildman–Crippen MR) is 145 cm³/mol. The first-order valence-electron chi connectivity index (χ1n) is 12.4. The topological polar surface area (TPSA) is 75.9 Å². The van der Waals surface area contributed by atoms with Crippen LogP contribution in [0.25, 0.3) is 16.7 Å². The average Bonchev–Trinajstić information content (AvgIpc) is 3.35. The van der Waals surface area contributed by atoms with Crippen molar-refractivity contribution in [3.8, 4) is 5.69 Å². The zero-order valence-electron chi connectivity index (χ0n) is 21.2. The highest BCUT2D eigenvalue weighted by atomic mass is 16.1. The van der Waals surface area contributed by atoms with Gasteiger partial charge in [-0.3, -0.25) is 4.79 Å². The number of benzene rings is 2. The molecule has 0 aliphatic carbocycles. The maximum Gasteiger partial charge on any atom is 0.207 e. The fourth-order valence-corrected chi connectivity index (χ4v) is 3.88. The SMILES string of the molecule is CC.Cc1ccc(-n2cc3c(N4CCCCC4)ncnc3n2)cc1.Cc1ccc(CNC=O)cc1.[HH]. The Bertz CT molecular complexity index is 1190. The molecule has 5 rings (SSSR count). The van der Waals surface area contributed by atoms with Crippen LogP contribution >= 0.6 is 0 Å². The third kappa shape index (κ3) is 7.12. The Kier molecular flexibility index (Phi) is 9.78. The Hall–Kier alpha value is -3.74. The molecule has 0 bridgehead atoms. The second-order valence-electron chi connectivity index (χ2n) is 8.38. The minimum absolute atomic E-state index is 0. The maximum absolute atomic E-state index is 9.93. The second-order valence-corrected chi connectivity index (χ2v) is 8.38. The number of anilines is 1. The predicted octanol–water partition coefficient (Wildman–Crippen LogP) is 5.63. The molecule has 0 radical (unpaired) electrons. The number of carbonyl (C=O) groups excluding carboxylic acids is 1. The van der Waals surface area contributed by atoms with Crippen molar-refractivity contribution in [2.24, 2.45) is 0 Å². The van der Waals surface area contributed by atoms with Gasteiger partial charge in [0.2, 0.25) is 6.41 Å². The number of aryl methyl sites for hydroxylation is 2. The molecule has 2 aromatic heterocycles. The number of fused-ring (bicyclic) bond motifs is 1. The highest BCUT2D eigenvalue weighted by molar-refractivity contribution is 5.86. The summed E-state index contributed by atoms with van der Waals surface area (Å²) in [5, 5.41) is 8.24. The van der Waals surface area contributed by atoms with Gasteiger partial charge in [0.15, 0.2) is 5.65 Å². The molecule has 7 heteroatoms. The van der Waals surface area contributed by atoms with Crippen LogP contribution in [0.2, 0.25) is 0 Å². The summed E-state index contributed by atoms with van der Waals surface area (Å²) in [7, 11) is 0. The van der Waals surface area contributed by atoms with Gasteiger partial charge < -0.3 is 10.2 Å². The summed E-state index contributed by atoms with van der Waals surface area (Å²) in [5.74, 6) is 1.02. The fourth-order valence-electron chi connectivity index (χ4n) is 3.88. The monoisotopic (exact) mass is 474 g/mol. The largest absolute Gasteiger partial charge is 0.356 e. The summed E-state index contributed by atoms with van der Waals surface area (Å²) in [5.41, 5.74) is 5.42. The highest BCUT2D eigenvalue weighted by Crippen LogP contribution is 2.26. The quantitative estimate of drug-likeness (QED) is 0.380. The van der Waals surface area contributed by atoms with E-state index in [4.69, 9.17) is 0 Å². The average molecular weight is 475 g/mol. The van der Waals surface area contributed by atoms with Crippen molar-refractivity contribution < 1.29 is 6.22 Å². The molecule has 1 saturated heterocycles. The number of rotatable bonds is 5. The molecule has 35 heavy (non-hydrogen) atoms. The molecular formula is C28H38N6O. The van der Waals surface area contributed by atoms with Crippen molar-refractivity contribution >= 4 is 23.3 Å². The van der Waals surface area contributed by atoms with Gasteiger partial charge in [-0.15, -0.1) is 5.10 Å². The van der Waals surface area contributed by atoms with Gasteiger partial charge in [-0.2, -0.15) is 0 Å². The standard InChI is InChI=1S/C17H19N5.C9H11NO.C2H6.H2/c1-13-5-7-14(8-6-13)22-11-15-16(20-22)18-12-19-17(15)21-9-3-2-4-10-21;1-8-2-4-9(5-3-8)6-10-7-11;1-2;/h5-8,11-12H,2-4,9-10H2,1H3;2-5,7H,6H2,1H3,(H,10,11);1-2H3;1H. The fraction of sp³-hybridized carbons (Fsp3) is 0.357. The van der Waals surface area contributed by atoms with E-state index >= 15 is 0 Å². The first-order valence-corrected chi connectivity index (χ1v) is 12.4. The molecule has 1 amide bonds. The molecule has 7 nitrogen and oxygen atoms in total. The van der Waals surface area contributed by atoms with E-state index in [0.717, 1.165) is 41.2 Å². The molecule has 1 fully saturated rings. The first kappa shape index (κ1) is 25.9. The number of nitrogens with zero attached hydrogens (tertiary/aromatic N) is 5. The van der Waals surface area contributed by atoms with Gasteiger partial charge in [-0.05, 0) is 50.8 Å². The number of hydrogen-bond acceptors (Lipinski definition) is 5. The molecule has 0 saturated carbocycles. The van der Waals surface area contributed by atoms with Crippen LogP contribution in [0.3, 0.4) is 0 Å².